The molecule has 0 spiro atoms. The monoisotopic (exact) mass is 233 g/mol. The van der Waals surface area contributed by atoms with E-state index >= 15 is 0 Å². The molecule has 0 aliphatic heterocycles. The molecule has 0 saturated heterocycles. The second-order valence-corrected chi connectivity index (χ2v) is 3.61. The molecule has 16 heavy (non-hydrogen) atoms. The van der Waals surface area contributed by atoms with Crippen LogP contribution in [0.2, 0.25) is 0 Å². The highest BCUT2D eigenvalue weighted by molar-refractivity contribution is 5.53. The molecule has 0 radical (unpaired) electrons. The molecular weight excluding hydrogens is 219 g/mol. The summed E-state index contributed by atoms with van der Waals surface area (Å²) in [6.45, 7) is 1.88. The van der Waals surface area contributed by atoms with Gasteiger partial charge < -0.3 is 10.5 Å². The fourth-order valence-corrected chi connectivity index (χ4v) is 1.22. The smallest absolute Gasteiger partial charge is 0.389 e. The highest BCUT2D eigenvalue weighted by Gasteiger charge is 2.26. The summed E-state index contributed by atoms with van der Waals surface area (Å²) in [6, 6.07) is 5.20. The summed E-state index contributed by atoms with van der Waals surface area (Å²) >= 11 is 0. The average molecular weight is 233 g/mol. The fraction of sp³-hybridized carbons (Fsp3) is 0.455. The van der Waals surface area contributed by atoms with Crippen LogP contribution in [0.1, 0.15) is 18.4 Å². The number of nitrogen functional groups attached to an aromatic ring is 1. The summed E-state index contributed by atoms with van der Waals surface area (Å²) in [7, 11) is 0. The van der Waals surface area contributed by atoms with E-state index in [2.05, 4.69) is 0 Å². The van der Waals surface area contributed by atoms with Crippen LogP contribution in [0.5, 0.6) is 5.75 Å². The van der Waals surface area contributed by atoms with Gasteiger partial charge in [0.1, 0.15) is 5.75 Å². The summed E-state index contributed by atoms with van der Waals surface area (Å²) in [5, 5.41) is 0. The number of nitrogens with two attached hydrogens (primary N) is 1. The van der Waals surface area contributed by atoms with Crippen LogP contribution in [0.4, 0.5) is 18.9 Å². The minimum Gasteiger partial charge on any atom is -0.491 e. The van der Waals surface area contributed by atoms with Gasteiger partial charge >= 0.3 is 6.18 Å². The van der Waals surface area contributed by atoms with E-state index in [9.17, 15) is 13.2 Å². The lowest BCUT2D eigenvalue weighted by Crippen LogP contribution is -2.10. The molecule has 0 amide bonds. The predicted octanol–water partition coefficient (Wildman–Crippen LogP) is 3.30. The Balaban J connectivity index is 2.40. The number of halogens is 3. The van der Waals surface area contributed by atoms with Gasteiger partial charge in [0, 0.05) is 6.42 Å². The van der Waals surface area contributed by atoms with Gasteiger partial charge in [-0.05, 0) is 31.0 Å². The van der Waals surface area contributed by atoms with Crippen molar-refractivity contribution in [3.8, 4) is 5.75 Å². The van der Waals surface area contributed by atoms with Gasteiger partial charge in [-0.1, -0.05) is 6.07 Å². The van der Waals surface area contributed by atoms with Crippen molar-refractivity contribution in [3.63, 3.8) is 0 Å². The van der Waals surface area contributed by atoms with Crippen molar-refractivity contribution in [1.82, 2.24) is 0 Å². The lowest BCUT2D eigenvalue weighted by atomic mass is 10.2. The molecule has 0 fully saturated rings. The third-order valence-electron chi connectivity index (χ3n) is 2.03. The van der Waals surface area contributed by atoms with Crippen molar-refractivity contribution in [2.24, 2.45) is 0 Å². The summed E-state index contributed by atoms with van der Waals surface area (Å²) in [6.07, 6.45) is -5.02. The van der Waals surface area contributed by atoms with E-state index in [1.165, 1.54) is 0 Å². The SMILES string of the molecule is Cc1ccc(N)c(OCCCC(F)(F)F)c1. The standard InChI is InChI=1S/C11H14F3NO/c1-8-3-4-9(15)10(7-8)16-6-2-5-11(12,13)14/h3-4,7H,2,5-6,15H2,1H3. The fourth-order valence-electron chi connectivity index (χ4n) is 1.22. The second-order valence-electron chi connectivity index (χ2n) is 3.61. The van der Waals surface area contributed by atoms with Crippen LogP contribution in [-0.4, -0.2) is 12.8 Å². The van der Waals surface area contributed by atoms with Gasteiger partial charge in [-0.3, -0.25) is 0 Å². The summed E-state index contributed by atoms with van der Waals surface area (Å²) in [5.41, 5.74) is 7.01. The molecule has 1 rings (SSSR count). The topological polar surface area (TPSA) is 35.2 Å². The Morgan fingerprint density at radius 2 is 2.00 bits per heavy atom. The maximum Gasteiger partial charge on any atom is 0.389 e. The van der Waals surface area contributed by atoms with Gasteiger partial charge in [0.2, 0.25) is 0 Å². The molecule has 0 unspecified atom stereocenters. The van der Waals surface area contributed by atoms with Crippen LogP contribution in [0.25, 0.3) is 0 Å². The zero-order chi connectivity index (χ0) is 12.2. The van der Waals surface area contributed by atoms with Gasteiger partial charge in [0.05, 0.1) is 12.3 Å². The number of hydrogen-bond donors (Lipinski definition) is 1. The van der Waals surface area contributed by atoms with E-state index in [4.69, 9.17) is 10.5 Å². The molecule has 0 aromatic heterocycles. The zero-order valence-corrected chi connectivity index (χ0v) is 8.97. The molecule has 0 heterocycles. The Kier molecular flexibility index (Phi) is 4.04. The van der Waals surface area contributed by atoms with Gasteiger partial charge in [-0.25, -0.2) is 0 Å². The maximum absolute atomic E-state index is 11.8. The van der Waals surface area contributed by atoms with E-state index in [1.807, 2.05) is 13.0 Å². The van der Waals surface area contributed by atoms with E-state index in [0.29, 0.717) is 11.4 Å². The first-order valence-corrected chi connectivity index (χ1v) is 4.94. The van der Waals surface area contributed by atoms with E-state index in [0.717, 1.165) is 5.56 Å². The Hall–Kier alpha value is -1.39. The summed E-state index contributed by atoms with van der Waals surface area (Å²) in [4.78, 5) is 0. The largest absolute Gasteiger partial charge is 0.491 e. The predicted molar refractivity (Wildman–Crippen MR) is 56.4 cm³/mol. The third-order valence-corrected chi connectivity index (χ3v) is 2.03. The first-order chi connectivity index (χ1) is 7.38. The molecule has 90 valence electrons. The van der Waals surface area contributed by atoms with Gasteiger partial charge in [0.25, 0.3) is 0 Å². The molecule has 5 heteroatoms. The normalized spacial score (nSPS) is 11.5. The molecule has 0 atom stereocenters. The average Bonchev–Trinajstić information content (AvgIpc) is 2.16. The number of ether oxygens (including phenoxy) is 1. The van der Waals surface area contributed by atoms with Crippen molar-refractivity contribution in [2.75, 3.05) is 12.3 Å². The lowest BCUT2D eigenvalue weighted by molar-refractivity contribution is -0.136. The molecule has 0 aliphatic carbocycles. The number of aryl methyl sites for hydroxylation is 1. The van der Waals surface area contributed by atoms with Crippen LogP contribution >= 0.6 is 0 Å². The third kappa shape index (κ3) is 4.42. The molecule has 1 aromatic rings. The molecule has 1 aromatic carbocycles. The Labute approximate surface area is 92.2 Å². The first kappa shape index (κ1) is 12.7. The Bertz CT molecular complexity index is 350. The summed E-state index contributed by atoms with van der Waals surface area (Å²) in [5.74, 6) is 0.446. The van der Waals surface area contributed by atoms with Gasteiger partial charge in [0.15, 0.2) is 0 Å². The minimum atomic E-state index is -4.12. The quantitative estimate of drug-likeness (QED) is 0.639. The van der Waals surface area contributed by atoms with Crippen molar-refractivity contribution in [3.05, 3.63) is 23.8 Å². The van der Waals surface area contributed by atoms with Crippen molar-refractivity contribution >= 4 is 5.69 Å². The minimum absolute atomic E-state index is 0.0210. The number of rotatable bonds is 4. The van der Waals surface area contributed by atoms with E-state index in [-0.39, 0.29) is 13.0 Å². The highest BCUT2D eigenvalue weighted by atomic mass is 19.4. The lowest BCUT2D eigenvalue weighted by Gasteiger charge is -2.10. The molecule has 2 nitrogen and oxygen atoms in total. The number of alkyl halides is 3. The molecule has 0 bridgehead atoms. The molecule has 0 saturated carbocycles. The van der Waals surface area contributed by atoms with Crippen LogP contribution in [-0.2, 0) is 0 Å². The number of hydrogen-bond acceptors (Lipinski definition) is 2. The van der Waals surface area contributed by atoms with Crippen LogP contribution in [0.3, 0.4) is 0 Å². The van der Waals surface area contributed by atoms with Gasteiger partial charge in [-0.2, -0.15) is 13.2 Å². The van der Waals surface area contributed by atoms with Crippen LogP contribution in [0, 0.1) is 6.92 Å². The van der Waals surface area contributed by atoms with E-state index < -0.39 is 12.6 Å². The number of benzene rings is 1. The Morgan fingerprint density at radius 1 is 1.31 bits per heavy atom. The highest BCUT2D eigenvalue weighted by Crippen LogP contribution is 2.24. The Morgan fingerprint density at radius 3 is 2.62 bits per heavy atom. The first-order valence-electron chi connectivity index (χ1n) is 4.94. The van der Waals surface area contributed by atoms with Gasteiger partial charge in [-0.15, -0.1) is 0 Å². The second kappa shape index (κ2) is 5.09. The van der Waals surface area contributed by atoms with E-state index in [1.54, 1.807) is 12.1 Å². The van der Waals surface area contributed by atoms with Crippen molar-refractivity contribution in [2.45, 2.75) is 25.9 Å². The molecular formula is C11H14F3NO. The van der Waals surface area contributed by atoms with Crippen LogP contribution in [0.15, 0.2) is 18.2 Å². The van der Waals surface area contributed by atoms with Crippen molar-refractivity contribution in [1.29, 1.82) is 0 Å². The molecule has 0 aliphatic rings. The number of anilines is 1. The van der Waals surface area contributed by atoms with Crippen molar-refractivity contribution < 1.29 is 17.9 Å². The molecule has 2 N–H and O–H groups in total. The van der Waals surface area contributed by atoms with Crippen LogP contribution < -0.4 is 10.5 Å². The summed E-state index contributed by atoms with van der Waals surface area (Å²) < 4.78 is 40.7. The zero-order valence-electron chi connectivity index (χ0n) is 8.97. The maximum atomic E-state index is 11.8.